The van der Waals surface area contributed by atoms with Crippen LogP contribution in [0.3, 0.4) is 0 Å². The molecule has 1 fully saturated rings. The fourth-order valence-corrected chi connectivity index (χ4v) is 3.68. The van der Waals surface area contributed by atoms with E-state index in [1.165, 1.54) is 5.39 Å². The van der Waals surface area contributed by atoms with E-state index in [1.807, 2.05) is 44.2 Å². The largest absolute Gasteiger partial charge is 0.481 e. The molecule has 1 aliphatic rings. The Hall–Kier alpha value is -2.99. The number of rotatable bonds is 6. The Morgan fingerprint density at radius 2 is 1.61 bits per heavy atom. The minimum Gasteiger partial charge on any atom is -0.481 e. The number of benzene rings is 1. The summed E-state index contributed by atoms with van der Waals surface area (Å²) in [6.45, 7) is 9.08. The molecule has 1 aromatic carbocycles. The minimum absolute atomic E-state index is 0.285. The number of carboxylic acid groups (broad SMARTS) is 1. The Bertz CT molecular complexity index is 984. The number of unbranched alkanes of at least 4 members (excludes halogenated alkanes) is 1. The van der Waals surface area contributed by atoms with E-state index < -0.39 is 5.97 Å². The van der Waals surface area contributed by atoms with Gasteiger partial charge in [0.25, 0.3) is 0 Å². The van der Waals surface area contributed by atoms with Crippen LogP contribution in [0.15, 0.2) is 54.6 Å². The number of aliphatic carboxylic acids is 1. The number of aromatic nitrogens is 2. The number of anilines is 1. The lowest BCUT2D eigenvalue weighted by Gasteiger charge is -2.35. The van der Waals surface area contributed by atoms with Crippen molar-refractivity contribution in [2.45, 2.75) is 33.1 Å². The predicted molar refractivity (Wildman–Crippen MR) is 126 cm³/mol. The number of nitrogens with zero attached hydrogens (tertiary/aromatic N) is 4. The first-order valence-electron chi connectivity index (χ1n) is 11.0. The Kier molecular flexibility index (Phi) is 8.35. The fraction of sp³-hybridized carbons (Fsp3) is 0.400. The maximum Gasteiger partial charge on any atom is 0.303 e. The molecule has 0 unspecified atom stereocenters. The molecular weight excluding hydrogens is 388 g/mol. The molecule has 0 spiro atoms. The second-order valence-corrected chi connectivity index (χ2v) is 7.96. The number of carboxylic acids is 1. The van der Waals surface area contributed by atoms with E-state index in [0.29, 0.717) is 0 Å². The molecule has 6 nitrogen and oxygen atoms in total. The summed E-state index contributed by atoms with van der Waals surface area (Å²) in [6, 6.07) is 18.4. The summed E-state index contributed by atoms with van der Waals surface area (Å²) in [6.07, 6.45) is 2.02. The molecule has 0 aliphatic carbocycles. The van der Waals surface area contributed by atoms with E-state index in [4.69, 9.17) is 5.11 Å². The van der Waals surface area contributed by atoms with Crippen LogP contribution in [0.5, 0.6) is 0 Å². The van der Waals surface area contributed by atoms with Gasteiger partial charge in [-0.05, 0) is 57.5 Å². The lowest BCUT2D eigenvalue weighted by Crippen LogP contribution is -2.46. The van der Waals surface area contributed by atoms with Crippen LogP contribution in [0.25, 0.3) is 10.9 Å². The first-order chi connectivity index (χ1) is 15.0. The smallest absolute Gasteiger partial charge is 0.303 e. The Balaban J connectivity index is 0.000000207. The first kappa shape index (κ1) is 22.7. The second-order valence-electron chi connectivity index (χ2n) is 7.96. The molecule has 1 N–H and O–H groups in total. The highest BCUT2D eigenvalue weighted by atomic mass is 16.4. The number of carbonyl (C=O) groups is 1. The zero-order chi connectivity index (χ0) is 22.1. The number of aryl methyl sites for hydroxylation is 2. The first-order valence-corrected chi connectivity index (χ1v) is 11.0. The summed E-state index contributed by atoms with van der Waals surface area (Å²) in [4.78, 5) is 24.1. The minimum atomic E-state index is -0.694. The number of para-hydroxylation sites is 1. The van der Waals surface area contributed by atoms with Crippen molar-refractivity contribution >= 4 is 22.7 Å². The third-order valence-corrected chi connectivity index (χ3v) is 5.42. The van der Waals surface area contributed by atoms with Gasteiger partial charge >= 0.3 is 5.97 Å². The van der Waals surface area contributed by atoms with Gasteiger partial charge in [-0.1, -0.05) is 30.3 Å². The number of hydrogen-bond donors (Lipinski definition) is 1. The molecule has 0 bridgehead atoms. The van der Waals surface area contributed by atoms with Crippen LogP contribution >= 0.6 is 0 Å². The fourth-order valence-electron chi connectivity index (χ4n) is 3.68. The lowest BCUT2D eigenvalue weighted by atomic mass is 10.2. The molecule has 3 heterocycles. The van der Waals surface area contributed by atoms with Crippen molar-refractivity contribution in [1.82, 2.24) is 14.9 Å². The predicted octanol–water partition coefficient (Wildman–Crippen LogP) is 4.31. The maximum absolute atomic E-state index is 10.5. The summed E-state index contributed by atoms with van der Waals surface area (Å²) in [5.74, 6) is 0.371. The molecular formula is C25H32N4O2. The third-order valence-electron chi connectivity index (χ3n) is 5.42. The van der Waals surface area contributed by atoms with Crippen molar-refractivity contribution in [2.75, 3.05) is 37.6 Å². The highest BCUT2D eigenvalue weighted by molar-refractivity contribution is 5.78. The molecule has 0 atom stereocenters. The van der Waals surface area contributed by atoms with Gasteiger partial charge in [-0.15, -0.1) is 0 Å². The van der Waals surface area contributed by atoms with Gasteiger partial charge < -0.3 is 10.0 Å². The average molecular weight is 421 g/mol. The number of piperazine rings is 1. The van der Waals surface area contributed by atoms with Crippen LogP contribution in [-0.2, 0) is 4.79 Å². The molecule has 4 rings (SSSR count). The van der Waals surface area contributed by atoms with Gasteiger partial charge in [-0.3, -0.25) is 14.7 Å². The molecule has 164 valence electrons. The van der Waals surface area contributed by atoms with Crippen LogP contribution in [-0.4, -0.2) is 58.7 Å². The van der Waals surface area contributed by atoms with E-state index in [9.17, 15) is 4.79 Å². The van der Waals surface area contributed by atoms with Crippen LogP contribution in [0.2, 0.25) is 0 Å². The quantitative estimate of drug-likeness (QED) is 0.599. The zero-order valence-electron chi connectivity index (χ0n) is 18.5. The highest BCUT2D eigenvalue weighted by Gasteiger charge is 2.17. The van der Waals surface area contributed by atoms with Crippen molar-refractivity contribution in [2.24, 2.45) is 0 Å². The summed E-state index contributed by atoms with van der Waals surface area (Å²) in [7, 11) is 0. The van der Waals surface area contributed by atoms with E-state index in [0.717, 1.165) is 68.3 Å². The van der Waals surface area contributed by atoms with Gasteiger partial charge in [-0.25, -0.2) is 4.98 Å². The van der Waals surface area contributed by atoms with Gasteiger partial charge in [0, 0.05) is 49.4 Å². The van der Waals surface area contributed by atoms with Crippen molar-refractivity contribution in [3.63, 3.8) is 0 Å². The second kappa shape index (κ2) is 11.4. The van der Waals surface area contributed by atoms with E-state index in [-0.39, 0.29) is 6.42 Å². The van der Waals surface area contributed by atoms with Gasteiger partial charge in [-0.2, -0.15) is 0 Å². The molecule has 1 aliphatic heterocycles. The molecule has 0 amide bonds. The molecule has 0 saturated carbocycles. The van der Waals surface area contributed by atoms with Crippen LogP contribution in [0, 0.1) is 13.8 Å². The van der Waals surface area contributed by atoms with Gasteiger partial charge in [0.1, 0.15) is 5.82 Å². The Labute approximate surface area is 184 Å². The van der Waals surface area contributed by atoms with Crippen LogP contribution < -0.4 is 4.90 Å². The monoisotopic (exact) mass is 420 g/mol. The number of fused-ring (bicyclic) bond motifs is 1. The van der Waals surface area contributed by atoms with Crippen molar-refractivity contribution < 1.29 is 9.90 Å². The SMILES string of the molecule is Cc1ccc2ccccc2n1.Cc1cccc(N2CCN(CCCCC(=O)O)CC2)n1. The standard InChI is InChI=1S/C15H23N3O2.C10H9N/c1-13-5-4-6-14(16-13)18-11-9-17(10-12-18)8-3-2-7-15(19)20;1-8-6-7-9-4-2-3-5-10(9)11-8/h4-6H,2-3,7-12H2,1H3,(H,19,20);2-7H,1H3. The maximum atomic E-state index is 10.5. The molecule has 2 aromatic heterocycles. The zero-order valence-corrected chi connectivity index (χ0v) is 18.5. The summed E-state index contributed by atoms with van der Waals surface area (Å²) >= 11 is 0. The third kappa shape index (κ3) is 7.33. The summed E-state index contributed by atoms with van der Waals surface area (Å²) < 4.78 is 0. The van der Waals surface area contributed by atoms with Crippen LogP contribution in [0.4, 0.5) is 5.82 Å². The van der Waals surface area contributed by atoms with Gasteiger partial charge in [0.2, 0.25) is 0 Å². The molecule has 6 heteroatoms. The molecule has 31 heavy (non-hydrogen) atoms. The van der Waals surface area contributed by atoms with E-state index in [1.54, 1.807) is 0 Å². The average Bonchev–Trinajstić information content (AvgIpc) is 2.77. The van der Waals surface area contributed by atoms with Crippen molar-refractivity contribution in [1.29, 1.82) is 0 Å². The Morgan fingerprint density at radius 3 is 2.35 bits per heavy atom. The summed E-state index contributed by atoms with van der Waals surface area (Å²) in [5.41, 5.74) is 3.20. The normalized spacial score (nSPS) is 14.2. The van der Waals surface area contributed by atoms with E-state index >= 15 is 0 Å². The highest BCUT2D eigenvalue weighted by Crippen LogP contribution is 2.14. The van der Waals surface area contributed by atoms with E-state index in [2.05, 4.69) is 44.0 Å². The van der Waals surface area contributed by atoms with Gasteiger partial charge in [0.15, 0.2) is 0 Å². The number of hydrogen-bond acceptors (Lipinski definition) is 5. The van der Waals surface area contributed by atoms with Crippen molar-refractivity contribution in [3.8, 4) is 0 Å². The number of pyridine rings is 2. The Morgan fingerprint density at radius 1 is 0.871 bits per heavy atom. The van der Waals surface area contributed by atoms with Gasteiger partial charge in [0.05, 0.1) is 5.52 Å². The lowest BCUT2D eigenvalue weighted by molar-refractivity contribution is -0.137. The molecule has 0 radical (unpaired) electrons. The van der Waals surface area contributed by atoms with Crippen LogP contribution in [0.1, 0.15) is 30.7 Å². The van der Waals surface area contributed by atoms with Crippen molar-refractivity contribution in [3.05, 3.63) is 66.0 Å². The topological polar surface area (TPSA) is 69.6 Å². The summed E-state index contributed by atoms with van der Waals surface area (Å²) in [5, 5.41) is 9.81. The molecule has 3 aromatic rings. The molecule has 1 saturated heterocycles.